The lowest BCUT2D eigenvalue weighted by Gasteiger charge is -2.40. The van der Waals surface area contributed by atoms with Gasteiger partial charge in [-0.3, -0.25) is 4.79 Å². The maximum Gasteiger partial charge on any atom is 0.186 e. The van der Waals surface area contributed by atoms with Crippen LogP contribution in [0.3, 0.4) is 0 Å². The summed E-state index contributed by atoms with van der Waals surface area (Å²) in [6.07, 6.45) is -0.586. The first-order valence-corrected chi connectivity index (χ1v) is 8.91. The zero-order valence-corrected chi connectivity index (χ0v) is 15.2. The highest BCUT2D eigenvalue weighted by molar-refractivity contribution is 5.89. The fourth-order valence-corrected chi connectivity index (χ4v) is 2.54. The molecule has 1 aliphatic rings. The predicted molar refractivity (Wildman–Crippen MR) is 91.8 cm³/mol. The van der Waals surface area contributed by atoms with Gasteiger partial charge in [-0.25, -0.2) is 0 Å². The zero-order valence-electron chi connectivity index (χ0n) is 15.2. The number of aliphatic hydroxyl groups is 4. The number of carbonyl (C=O) groups is 1. The van der Waals surface area contributed by atoms with E-state index in [0.717, 1.165) is 6.42 Å². The molecule has 1 heterocycles. The van der Waals surface area contributed by atoms with Crippen molar-refractivity contribution in [3.05, 3.63) is 12.2 Å². The molecule has 0 unspecified atom stereocenters. The summed E-state index contributed by atoms with van der Waals surface area (Å²) in [5.41, 5.74) is 0. The van der Waals surface area contributed by atoms with Crippen molar-refractivity contribution in [2.24, 2.45) is 5.92 Å². The summed E-state index contributed by atoms with van der Waals surface area (Å²) in [6, 6.07) is 0. The minimum Gasteiger partial charge on any atom is -0.394 e. The first-order valence-electron chi connectivity index (χ1n) is 8.91. The van der Waals surface area contributed by atoms with E-state index in [1.165, 1.54) is 0 Å². The molecule has 25 heavy (non-hydrogen) atoms. The molecule has 1 saturated heterocycles. The molecule has 0 saturated carbocycles. The molecule has 0 bridgehead atoms. The Bertz CT molecular complexity index is 422. The lowest BCUT2D eigenvalue weighted by atomic mass is 9.99. The Morgan fingerprint density at radius 3 is 2.40 bits per heavy atom. The highest BCUT2D eigenvalue weighted by Gasteiger charge is 2.44. The van der Waals surface area contributed by atoms with Gasteiger partial charge in [0.05, 0.1) is 12.7 Å². The van der Waals surface area contributed by atoms with Crippen LogP contribution >= 0.6 is 0 Å². The average Bonchev–Trinajstić information content (AvgIpc) is 2.57. The number of allylic oxidation sites excluding steroid dienone is 2. The van der Waals surface area contributed by atoms with E-state index in [-0.39, 0.29) is 11.9 Å². The monoisotopic (exact) mass is 360 g/mol. The van der Waals surface area contributed by atoms with Crippen LogP contribution in [0.5, 0.6) is 0 Å². The van der Waals surface area contributed by atoms with Crippen LogP contribution in [0.2, 0.25) is 0 Å². The second kappa shape index (κ2) is 11.0. The standard InChI is InChI=1S/C18H32O7/c1-11(2)8-9-13(20)7-5-4-6-12(3)24-18-17(23)16(22)15(21)14(10-19)25-18/h5,7,11-12,14-19,21-23H,4,6,8-10H2,1-3H3/b7-5+/t12-,14+,15+,16-,17-,18-/m1/s1. The van der Waals surface area contributed by atoms with Crippen LogP contribution in [0.15, 0.2) is 12.2 Å². The van der Waals surface area contributed by atoms with Gasteiger partial charge in [0.1, 0.15) is 24.4 Å². The minimum atomic E-state index is -1.44. The van der Waals surface area contributed by atoms with Gasteiger partial charge in [0, 0.05) is 6.42 Å². The number of carbonyl (C=O) groups excluding carboxylic acids is 1. The zero-order chi connectivity index (χ0) is 19.0. The van der Waals surface area contributed by atoms with Crippen molar-refractivity contribution in [3.8, 4) is 0 Å². The van der Waals surface area contributed by atoms with Crippen LogP contribution in [-0.4, -0.2) is 69.6 Å². The van der Waals surface area contributed by atoms with Crippen LogP contribution < -0.4 is 0 Å². The van der Waals surface area contributed by atoms with Crippen LogP contribution in [-0.2, 0) is 14.3 Å². The number of hydrogen-bond acceptors (Lipinski definition) is 7. The number of ether oxygens (including phenoxy) is 2. The summed E-state index contributed by atoms with van der Waals surface area (Å²) in [5.74, 6) is 0.612. The third-order valence-electron chi connectivity index (χ3n) is 4.23. The summed E-state index contributed by atoms with van der Waals surface area (Å²) in [5, 5.41) is 38.5. The van der Waals surface area contributed by atoms with E-state index in [4.69, 9.17) is 14.6 Å². The molecule has 1 fully saturated rings. The molecule has 0 spiro atoms. The topological polar surface area (TPSA) is 116 Å². The molecular weight excluding hydrogens is 328 g/mol. The van der Waals surface area contributed by atoms with E-state index >= 15 is 0 Å². The average molecular weight is 360 g/mol. The third kappa shape index (κ3) is 7.52. The summed E-state index contributed by atoms with van der Waals surface area (Å²) < 4.78 is 10.9. The highest BCUT2D eigenvalue weighted by Crippen LogP contribution is 2.23. The van der Waals surface area contributed by atoms with Gasteiger partial charge in [-0.2, -0.15) is 0 Å². The summed E-state index contributed by atoms with van der Waals surface area (Å²) in [4.78, 5) is 11.6. The number of aliphatic hydroxyl groups excluding tert-OH is 4. The molecule has 1 aliphatic heterocycles. The first kappa shape index (κ1) is 22.2. The minimum absolute atomic E-state index is 0.108. The molecule has 7 heteroatoms. The van der Waals surface area contributed by atoms with Crippen LogP contribution in [0.1, 0.15) is 46.5 Å². The lowest BCUT2D eigenvalue weighted by Crippen LogP contribution is -2.59. The van der Waals surface area contributed by atoms with Gasteiger partial charge in [0.2, 0.25) is 0 Å². The normalized spacial score (nSPS) is 31.6. The van der Waals surface area contributed by atoms with Crippen molar-refractivity contribution >= 4 is 5.78 Å². The summed E-state index contributed by atoms with van der Waals surface area (Å²) >= 11 is 0. The fraction of sp³-hybridized carbons (Fsp3) is 0.833. The van der Waals surface area contributed by atoms with Gasteiger partial charge < -0.3 is 29.9 Å². The number of hydrogen-bond donors (Lipinski definition) is 4. The Kier molecular flexibility index (Phi) is 9.78. The van der Waals surface area contributed by atoms with Crippen molar-refractivity contribution in [2.45, 2.75) is 83.3 Å². The first-order chi connectivity index (χ1) is 11.8. The maximum absolute atomic E-state index is 11.6. The molecule has 0 aromatic rings. The smallest absolute Gasteiger partial charge is 0.186 e. The lowest BCUT2D eigenvalue weighted by molar-refractivity contribution is -0.310. The van der Waals surface area contributed by atoms with Crippen molar-refractivity contribution in [1.82, 2.24) is 0 Å². The molecule has 0 aliphatic carbocycles. The van der Waals surface area contributed by atoms with Crippen molar-refractivity contribution < 1.29 is 34.7 Å². The molecule has 4 N–H and O–H groups in total. The van der Waals surface area contributed by atoms with Crippen molar-refractivity contribution in [1.29, 1.82) is 0 Å². The van der Waals surface area contributed by atoms with E-state index in [0.29, 0.717) is 25.2 Å². The molecule has 0 amide bonds. The quantitative estimate of drug-likeness (QED) is 0.420. The second-order valence-electron chi connectivity index (χ2n) is 7.02. The van der Waals surface area contributed by atoms with Gasteiger partial charge in [-0.05, 0) is 38.2 Å². The molecule has 0 aromatic heterocycles. The second-order valence-corrected chi connectivity index (χ2v) is 7.02. The molecule has 0 radical (unpaired) electrons. The molecule has 7 nitrogen and oxygen atoms in total. The van der Waals surface area contributed by atoms with Gasteiger partial charge in [-0.15, -0.1) is 0 Å². The SMILES string of the molecule is CC(C)CCC(=O)/C=C/CC[C@@H](C)O[C@@H]1O[C@@H](CO)[C@H](O)[C@@H](O)[C@H]1O. The van der Waals surface area contributed by atoms with Gasteiger partial charge >= 0.3 is 0 Å². The number of rotatable bonds is 10. The largest absolute Gasteiger partial charge is 0.394 e. The molecular formula is C18H32O7. The predicted octanol–water partition coefficient (Wildman–Crippen LogP) is 0.533. The molecule has 1 rings (SSSR count). The van der Waals surface area contributed by atoms with Gasteiger partial charge in [0.15, 0.2) is 12.1 Å². The molecule has 146 valence electrons. The van der Waals surface area contributed by atoms with Gasteiger partial charge in [-0.1, -0.05) is 19.9 Å². The van der Waals surface area contributed by atoms with E-state index in [1.54, 1.807) is 19.1 Å². The Morgan fingerprint density at radius 2 is 1.80 bits per heavy atom. The Labute approximate surface area is 149 Å². The Balaban J connectivity index is 2.36. The van der Waals surface area contributed by atoms with E-state index in [1.807, 2.05) is 0 Å². The summed E-state index contributed by atoms with van der Waals surface area (Å²) in [6.45, 7) is 5.46. The highest BCUT2D eigenvalue weighted by atomic mass is 16.7. The van der Waals surface area contributed by atoms with E-state index in [9.17, 15) is 20.1 Å². The maximum atomic E-state index is 11.6. The van der Waals surface area contributed by atoms with Crippen molar-refractivity contribution in [3.63, 3.8) is 0 Å². The van der Waals surface area contributed by atoms with Crippen LogP contribution in [0, 0.1) is 5.92 Å². The molecule has 0 aromatic carbocycles. The number of ketones is 1. The van der Waals surface area contributed by atoms with Gasteiger partial charge in [0.25, 0.3) is 0 Å². The molecule has 6 atom stereocenters. The van der Waals surface area contributed by atoms with Crippen molar-refractivity contribution in [2.75, 3.05) is 6.61 Å². The van der Waals surface area contributed by atoms with E-state index in [2.05, 4.69) is 13.8 Å². The van der Waals surface area contributed by atoms with Crippen LogP contribution in [0.25, 0.3) is 0 Å². The Hall–Kier alpha value is -0.830. The van der Waals surface area contributed by atoms with E-state index < -0.39 is 37.3 Å². The fourth-order valence-electron chi connectivity index (χ4n) is 2.54. The van der Waals surface area contributed by atoms with Crippen LogP contribution in [0.4, 0.5) is 0 Å². The third-order valence-corrected chi connectivity index (χ3v) is 4.23. The Morgan fingerprint density at radius 1 is 1.12 bits per heavy atom. The summed E-state index contributed by atoms with van der Waals surface area (Å²) in [7, 11) is 0.